The summed E-state index contributed by atoms with van der Waals surface area (Å²) in [6.45, 7) is 12.3. The largest absolute Gasteiger partial charge is 0.453 e. The van der Waals surface area contributed by atoms with E-state index in [-0.39, 0.29) is 0 Å². The minimum atomic E-state index is 0.306. The van der Waals surface area contributed by atoms with Crippen LogP contribution in [0, 0.1) is 11.3 Å². The number of halogens is 1. The van der Waals surface area contributed by atoms with Gasteiger partial charge in [-0.05, 0) is 52.4 Å². The van der Waals surface area contributed by atoms with Crippen molar-refractivity contribution in [1.82, 2.24) is 5.32 Å². The van der Waals surface area contributed by atoms with E-state index in [1.54, 1.807) is 0 Å². The quantitative estimate of drug-likeness (QED) is 0.848. The molecule has 17 heavy (non-hydrogen) atoms. The minimum Gasteiger partial charge on any atom is -0.453 e. The van der Waals surface area contributed by atoms with Crippen LogP contribution >= 0.6 is 15.9 Å². The van der Waals surface area contributed by atoms with E-state index in [0.29, 0.717) is 17.4 Å². The van der Waals surface area contributed by atoms with Gasteiger partial charge < -0.3 is 9.73 Å². The molecule has 3 heteroatoms. The van der Waals surface area contributed by atoms with Crippen LogP contribution in [0.15, 0.2) is 21.2 Å². The van der Waals surface area contributed by atoms with Crippen molar-refractivity contribution in [3.8, 4) is 0 Å². The smallest absolute Gasteiger partial charge is 0.169 e. The van der Waals surface area contributed by atoms with Gasteiger partial charge in [-0.25, -0.2) is 0 Å². The molecule has 0 spiro atoms. The summed E-state index contributed by atoms with van der Waals surface area (Å²) in [5.74, 6) is 1.66. The Hall–Kier alpha value is -0.280. The molecular formula is C14H24BrNO. The number of furan rings is 1. The van der Waals surface area contributed by atoms with Crippen molar-refractivity contribution in [2.24, 2.45) is 11.3 Å². The van der Waals surface area contributed by atoms with Crippen LogP contribution in [0.4, 0.5) is 0 Å². The maximum atomic E-state index is 5.67. The van der Waals surface area contributed by atoms with E-state index in [9.17, 15) is 0 Å². The molecule has 0 aliphatic heterocycles. The number of hydrogen-bond acceptors (Lipinski definition) is 2. The summed E-state index contributed by atoms with van der Waals surface area (Å²) in [5, 5.41) is 3.50. The molecule has 1 rings (SSSR count). The average Bonchev–Trinajstić information content (AvgIpc) is 2.62. The lowest BCUT2D eigenvalue weighted by Gasteiger charge is -2.30. The summed E-state index contributed by atoms with van der Waals surface area (Å²) in [7, 11) is 0. The lowest BCUT2D eigenvalue weighted by molar-refractivity contribution is 0.214. The highest BCUT2D eigenvalue weighted by atomic mass is 79.9. The molecule has 2 nitrogen and oxygen atoms in total. The molecule has 0 amide bonds. The van der Waals surface area contributed by atoms with Crippen molar-refractivity contribution >= 4 is 15.9 Å². The fourth-order valence-electron chi connectivity index (χ4n) is 1.77. The molecule has 1 heterocycles. The molecule has 0 saturated heterocycles. The van der Waals surface area contributed by atoms with Crippen molar-refractivity contribution in [1.29, 1.82) is 0 Å². The van der Waals surface area contributed by atoms with Crippen LogP contribution in [-0.2, 0) is 0 Å². The van der Waals surface area contributed by atoms with Crippen molar-refractivity contribution < 1.29 is 4.42 Å². The fourth-order valence-corrected chi connectivity index (χ4v) is 2.09. The topological polar surface area (TPSA) is 25.2 Å². The Morgan fingerprint density at radius 1 is 1.35 bits per heavy atom. The molecule has 0 radical (unpaired) electrons. The third-order valence-corrected chi connectivity index (χ3v) is 3.88. The Kier molecular flexibility index (Phi) is 5.26. The van der Waals surface area contributed by atoms with Crippen LogP contribution in [0.3, 0.4) is 0 Å². The van der Waals surface area contributed by atoms with Gasteiger partial charge in [0.25, 0.3) is 0 Å². The van der Waals surface area contributed by atoms with E-state index in [1.165, 1.54) is 0 Å². The summed E-state index contributed by atoms with van der Waals surface area (Å²) in [6, 6.07) is 4.31. The van der Waals surface area contributed by atoms with E-state index in [1.807, 2.05) is 12.1 Å². The number of rotatable bonds is 5. The van der Waals surface area contributed by atoms with Gasteiger partial charge in [-0.2, -0.15) is 0 Å². The van der Waals surface area contributed by atoms with Crippen LogP contribution in [-0.4, -0.2) is 6.54 Å². The van der Waals surface area contributed by atoms with Crippen LogP contribution in [0.5, 0.6) is 0 Å². The fraction of sp³-hybridized carbons (Fsp3) is 0.714. The van der Waals surface area contributed by atoms with Crippen LogP contribution in [0.25, 0.3) is 0 Å². The zero-order valence-electron chi connectivity index (χ0n) is 11.5. The highest BCUT2D eigenvalue weighted by molar-refractivity contribution is 9.10. The second kappa shape index (κ2) is 6.05. The maximum Gasteiger partial charge on any atom is 0.169 e. The van der Waals surface area contributed by atoms with Gasteiger partial charge in [-0.1, -0.05) is 34.6 Å². The van der Waals surface area contributed by atoms with E-state index in [0.717, 1.165) is 23.4 Å². The summed E-state index contributed by atoms with van der Waals surface area (Å²) in [6.07, 6.45) is 1.09. The normalized spacial score (nSPS) is 15.9. The Labute approximate surface area is 113 Å². The van der Waals surface area contributed by atoms with Gasteiger partial charge in [0.15, 0.2) is 4.67 Å². The first-order chi connectivity index (χ1) is 7.84. The van der Waals surface area contributed by atoms with Gasteiger partial charge in [0.2, 0.25) is 0 Å². The van der Waals surface area contributed by atoms with Gasteiger partial charge >= 0.3 is 0 Å². The number of nitrogens with one attached hydrogen (secondary N) is 1. The molecule has 0 fully saturated rings. The van der Waals surface area contributed by atoms with Crippen molar-refractivity contribution in [2.75, 3.05) is 6.54 Å². The van der Waals surface area contributed by atoms with Gasteiger partial charge in [0.05, 0.1) is 6.04 Å². The number of hydrogen-bond donors (Lipinski definition) is 1. The highest BCUT2D eigenvalue weighted by Crippen LogP contribution is 2.34. The predicted octanol–water partition coefficient (Wildman–Crippen LogP) is 4.77. The second-order valence-corrected chi connectivity index (χ2v) is 6.54. The van der Waals surface area contributed by atoms with Crippen LogP contribution < -0.4 is 5.32 Å². The average molecular weight is 302 g/mol. The van der Waals surface area contributed by atoms with Gasteiger partial charge in [-0.15, -0.1) is 0 Å². The van der Waals surface area contributed by atoms with E-state index in [2.05, 4.69) is 55.9 Å². The molecule has 0 aliphatic rings. The van der Waals surface area contributed by atoms with Gasteiger partial charge in [0.1, 0.15) is 5.76 Å². The molecule has 98 valence electrons. The molecule has 1 aromatic heterocycles. The molecule has 1 aromatic rings. The summed E-state index contributed by atoms with van der Waals surface area (Å²) >= 11 is 3.36. The first-order valence-corrected chi connectivity index (χ1v) is 7.12. The summed E-state index contributed by atoms with van der Waals surface area (Å²) in [4.78, 5) is 0. The third-order valence-electron chi connectivity index (χ3n) is 3.46. The zero-order valence-corrected chi connectivity index (χ0v) is 13.1. The van der Waals surface area contributed by atoms with Crippen LogP contribution in [0.2, 0.25) is 0 Å². The Morgan fingerprint density at radius 3 is 2.41 bits per heavy atom. The van der Waals surface area contributed by atoms with Crippen molar-refractivity contribution in [3.63, 3.8) is 0 Å². The van der Waals surface area contributed by atoms with E-state index < -0.39 is 0 Å². The highest BCUT2D eigenvalue weighted by Gasteiger charge is 2.25. The first kappa shape index (κ1) is 14.8. The monoisotopic (exact) mass is 301 g/mol. The molecule has 2 atom stereocenters. The maximum absolute atomic E-state index is 5.67. The molecule has 1 N–H and O–H groups in total. The van der Waals surface area contributed by atoms with E-state index >= 15 is 0 Å². The Balaban J connectivity index is 2.73. The molecule has 0 aromatic carbocycles. The lowest BCUT2D eigenvalue weighted by atomic mass is 9.78. The van der Waals surface area contributed by atoms with Crippen molar-refractivity contribution in [3.05, 3.63) is 22.6 Å². The minimum absolute atomic E-state index is 0.306. The first-order valence-electron chi connectivity index (χ1n) is 6.33. The van der Waals surface area contributed by atoms with Crippen molar-refractivity contribution in [2.45, 2.75) is 47.1 Å². The molecule has 2 unspecified atom stereocenters. The second-order valence-electron chi connectivity index (χ2n) is 5.75. The Morgan fingerprint density at radius 2 is 2.00 bits per heavy atom. The van der Waals surface area contributed by atoms with Gasteiger partial charge in [0, 0.05) is 0 Å². The lowest BCUT2D eigenvalue weighted by Crippen LogP contribution is -2.27. The molecule has 0 bridgehead atoms. The Bertz CT molecular complexity index is 340. The third kappa shape index (κ3) is 4.47. The molecule has 0 aliphatic carbocycles. The van der Waals surface area contributed by atoms with Crippen LogP contribution in [0.1, 0.15) is 52.8 Å². The zero-order chi connectivity index (χ0) is 13.1. The molecular weight excluding hydrogens is 278 g/mol. The molecule has 0 saturated carbocycles. The van der Waals surface area contributed by atoms with Gasteiger partial charge in [-0.3, -0.25) is 0 Å². The van der Waals surface area contributed by atoms with E-state index in [4.69, 9.17) is 4.42 Å². The predicted molar refractivity (Wildman–Crippen MR) is 76.1 cm³/mol. The standard InChI is InChI=1S/C14H24BrNO/c1-6-16-11(9-10(2)14(3,4)5)12-7-8-13(15)17-12/h7-8,10-11,16H,6,9H2,1-5H3. The summed E-state index contributed by atoms with van der Waals surface area (Å²) < 4.78 is 6.47. The SMILES string of the molecule is CCNC(CC(C)C(C)(C)C)c1ccc(Br)o1. The summed E-state index contributed by atoms with van der Waals surface area (Å²) in [5.41, 5.74) is 0.331.